The number of carbonyl (C=O) groups is 1. The highest BCUT2D eigenvalue weighted by atomic mass is 16.2. The van der Waals surface area contributed by atoms with E-state index in [4.69, 9.17) is 0 Å². The van der Waals surface area contributed by atoms with Crippen LogP contribution >= 0.6 is 0 Å². The number of rotatable bonds is 4. The van der Waals surface area contributed by atoms with Gasteiger partial charge < -0.3 is 4.90 Å². The number of piperazine rings is 1. The predicted octanol–water partition coefficient (Wildman–Crippen LogP) is -0.267. The fraction of sp³-hybridized carbons (Fsp3) is 0.467. The molecule has 1 saturated heterocycles. The van der Waals surface area contributed by atoms with Gasteiger partial charge in [-0.3, -0.25) is 19.6 Å². The van der Waals surface area contributed by atoms with Gasteiger partial charge >= 0.3 is 0 Å². The molecular formula is C15H20N6O2. The number of amides is 1. The van der Waals surface area contributed by atoms with Crippen molar-refractivity contribution >= 4 is 5.91 Å². The minimum atomic E-state index is -0.0793. The topological polar surface area (TPSA) is 87.1 Å². The molecule has 0 unspecified atom stereocenters. The second kappa shape index (κ2) is 6.74. The third-order valence-electron chi connectivity index (χ3n) is 4.03. The summed E-state index contributed by atoms with van der Waals surface area (Å²) in [4.78, 5) is 28.0. The van der Waals surface area contributed by atoms with E-state index in [1.54, 1.807) is 24.5 Å². The van der Waals surface area contributed by atoms with Gasteiger partial charge in [-0.15, -0.1) is 0 Å². The summed E-state index contributed by atoms with van der Waals surface area (Å²) in [7, 11) is 0. The molecule has 8 heteroatoms. The first-order chi connectivity index (χ1) is 11.1. The van der Waals surface area contributed by atoms with Gasteiger partial charge in [0.2, 0.25) is 0 Å². The first-order valence-electron chi connectivity index (χ1n) is 7.68. The smallest absolute Gasteiger partial charge is 0.266 e. The van der Waals surface area contributed by atoms with Gasteiger partial charge in [-0.1, -0.05) is 0 Å². The third kappa shape index (κ3) is 3.65. The highest BCUT2D eigenvalue weighted by molar-refractivity contribution is 5.93. The lowest BCUT2D eigenvalue weighted by Gasteiger charge is -2.34. The molecule has 1 aliphatic heterocycles. The summed E-state index contributed by atoms with van der Waals surface area (Å²) in [5, 5.41) is 10.7. The molecule has 0 aliphatic carbocycles. The Hall–Kier alpha value is -2.48. The molecule has 0 atom stereocenters. The second-order valence-electron chi connectivity index (χ2n) is 5.66. The molecular weight excluding hydrogens is 296 g/mol. The Morgan fingerprint density at radius 2 is 2.00 bits per heavy atom. The van der Waals surface area contributed by atoms with Crippen molar-refractivity contribution < 1.29 is 4.79 Å². The molecule has 0 spiro atoms. The van der Waals surface area contributed by atoms with Crippen LogP contribution in [0.15, 0.2) is 29.3 Å². The van der Waals surface area contributed by atoms with Crippen LogP contribution in [0.1, 0.15) is 16.1 Å². The first kappa shape index (κ1) is 15.4. The summed E-state index contributed by atoms with van der Waals surface area (Å²) in [6, 6.07) is 3.27. The van der Waals surface area contributed by atoms with Crippen LogP contribution in [-0.4, -0.2) is 68.4 Å². The monoisotopic (exact) mass is 316 g/mol. The summed E-state index contributed by atoms with van der Waals surface area (Å²) in [5.41, 5.74) is 1.35. The summed E-state index contributed by atoms with van der Waals surface area (Å²) < 4.78 is 1.50. The number of aromatic amines is 1. The Morgan fingerprint density at radius 3 is 2.70 bits per heavy atom. The van der Waals surface area contributed by atoms with E-state index in [-0.39, 0.29) is 11.5 Å². The number of hydrogen-bond acceptors (Lipinski definition) is 5. The van der Waals surface area contributed by atoms with Gasteiger partial charge in [0.15, 0.2) is 0 Å². The Bertz CT molecular complexity index is 716. The standard InChI is InChI=1S/C15H20N6O2/c1-12-2-3-14(22)21(18-12)9-6-19-4-7-20(8-5-19)15(23)13-10-16-17-11-13/h2-3,10-11H,4-9H2,1H3,(H,16,17). The maximum atomic E-state index is 12.2. The largest absolute Gasteiger partial charge is 0.336 e. The fourth-order valence-electron chi connectivity index (χ4n) is 2.67. The highest BCUT2D eigenvalue weighted by Gasteiger charge is 2.22. The summed E-state index contributed by atoms with van der Waals surface area (Å²) in [5.74, 6) is 0.00923. The number of H-pyrrole nitrogens is 1. The quantitative estimate of drug-likeness (QED) is 0.839. The minimum Gasteiger partial charge on any atom is -0.336 e. The van der Waals surface area contributed by atoms with Crippen LogP contribution in [-0.2, 0) is 6.54 Å². The van der Waals surface area contributed by atoms with Crippen molar-refractivity contribution in [3.63, 3.8) is 0 Å². The zero-order valence-electron chi connectivity index (χ0n) is 13.1. The van der Waals surface area contributed by atoms with E-state index in [0.717, 1.165) is 25.3 Å². The lowest BCUT2D eigenvalue weighted by molar-refractivity contribution is 0.0631. The van der Waals surface area contributed by atoms with Crippen LogP contribution in [0, 0.1) is 6.92 Å². The van der Waals surface area contributed by atoms with Crippen molar-refractivity contribution in [2.75, 3.05) is 32.7 Å². The molecule has 1 fully saturated rings. The van der Waals surface area contributed by atoms with E-state index in [0.29, 0.717) is 25.2 Å². The van der Waals surface area contributed by atoms with Gasteiger partial charge in [0.25, 0.3) is 11.5 Å². The van der Waals surface area contributed by atoms with E-state index >= 15 is 0 Å². The van der Waals surface area contributed by atoms with Gasteiger partial charge in [0.05, 0.1) is 24.0 Å². The van der Waals surface area contributed by atoms with Crippen LogP contribution in [0.3, 0.4) is 0 Å². The van der Waals surface area contributed by atoms with Gasteiger partial charge in [0, 0.05) is 45.0 Å². The number of nitrogens with one attached hydrogen (secondary N) is 1. The zero-order chi connectivity index (χ0) is 16.2. The molecule has 23 heavy (non-hydrogen) atoms. The molecule has 0 bridgehead atoms. The molecule has 0 saturated carbocycles. The van der Waals surface area contributed by atoms with Crippen molar-refractivity contribution in [1.82, 2.24) is 29.8 Å². The molecule has 2 aromatic heterocycles. The number of aromatic nitrogens is 4. The molecule has 1 N–H and O–H groups in total. The van der Waals surface area contributed by atoms with Crippen molar-refractivity contribution in [3.05, 3.63) is 46.1 Å². The number of aryl methyl sites for hydroxylation is 1. The first-order valence-corrected chi connectivity index (χ1v) is 7.68. The van der Waals surface area contributed by atoms with E-state index in [2.05, 4.69) is 20.2 Å². The molecule has 3 heterocycles. The average molecular weight is 316 g/mol. The third-order valence-corrected chi connectivity index (χ3v) is 4.03. The van der Waals surface area contributed by atoms with Crippen LogP contribution in [0.25, 0.3) is 0 Å². The Labute approximate surface area is 133 Å². The lowest BCUT2D eigenvalue weighted by Crippen LogP contribution is -2.49. The number of nitrogens with zero attached hydrogens (tertiary/aromatic N) is 5. The number of carbonyl (C=O) groups excluding carboxylic acids is 1. The maximum absolute atomic E-state index is 12.2. The van der Waals surface area contributed by atoms with E-state index in [1.807, 2.05) is 11.8 Å². The van der Waals surface area contributed by atoms with Crippen molar-refractivity contribution in [2.24, 2.45) is 0 Å². The number of hydrogen-bond donors (Lipinski definition) is 1. The van der Waals surface area contributed by atoms with Crippen molar-refractivity contribution in [2.45, 2.75) is 13.5 Å². The summed E-state index contributed by atoms with van der Waals surface area (Å²) in [6.45, 7) is 6.14. The molecule has 1 aliphatic rings. The summed E-state index contributed by atoms with van der Waals surface area (Å²) in [6.07, 6.45) is 3.16. The van der Waals surface area contributed by atoms with Crippen LogP contribution in [0.2, 0.25) is 0 Å². The molecule has 0 radical (unpaired) electrons. The zero-order valence-corrected chi connectivity index (χ0v) is 13.1. The predicted molar refractivity (Wildman–Crippen MR) is 84.2 cm³/mol. The summed E-state index contributed by atoms with van der Waals surface area (Å²) >= 11 is 0. The molecule has 3 rings (SSSR count). The van der Waals surface area contributed by atoms with Crippen LogP contribution in [0.5, 0.6) is 0 Å². The van der Waals surface area contributed by atoms with E-state index < -0.39 is 0 Å². The average Bonchev–Trinajstić information content (AvgIpc) is 3.10. The van der Waals surface area contributed by atoms with Gasteiger partial charge in [-0.2, -0.15) is 10.2 Å². The normalized spacial score (nSPS) is 15.8. The minimum absolute atomic E-state index is 0.00923. The molecule has 1 amide bonds. The SMILES string of the molecule is Cc1ccc(=O)n(CCN2CCN(C(=O)c3cn[nH]c3)CC2)n1. The molecule has 8 nitrogen and oxygen atoms in total. The highest BCUT2D eigenvalue weighted by Crippen LogP contribution is 2.07. The van der Waals surface area contributed by atoms with Gasteiger partial charge in [-0.25, -0.2) is 4.68 Å². The maximum Gasteiger partial charge on any atom is 0.266 e. The lowest BCUT2D eigenvalue weighted by atomic mass is 10.2. The fourth-order valence-corrected chi connectivity index (χ4v) is 2.67. The Balaban J connectivity index is 1.50. The Kier molecular flexibility index (Phi) is 4.52. The van der Waals surface area contributed by atoms with Crippen molar-refractivity contribution in [3.8, 4) is 0 Å². The molecule has 2 aromatic rings. The van der Waals surface area contributed by atoms with E-state index in [1.165, 1.54) is 4.68 Å². The molecule has 0 aromatic carbocycles. The van der Waals surface area contributed by atoms with E-state index in [9.17, 15) is 9.59 Å². The molecule has 122 valence electrons. The second-order valence-corrected chi connectivity index (χ2v) is 5.66. The van der Waals surface area contributed by atoms with Gasteiger partial charge in [0.1, 0.15) is 0 Å². The Morgan fingerprint density at radius 1 is 1.22 bits per heavy atom. The van der Waals surface area contributed by atoms with Gasteiger partial charge in [-0.05, 0) is 13.0 Å². The van der Waals surface area contributed by atoms with Crippen LogP contribution in [0.4, 0.5) is 0 Å². The van der Waals surface area contributed by atoms with Crippen LogP contribution < -0.4 is 5.56 Å². The van der Waals surface area contributed by atoms with Crippen molar-refractivity contribution in [1.29, 1.82) is 0 Å².